The Morgan fingerprint density at radius 3 is 2.61 bits per heavy atom. The second-order valence-electron chi connectivity index (χ2n) is 13.8. The summed E-state index contributed by atoms with van der Waals surface area (Å²) in [5.74, 6) is -1.64. The van der Waals surface area contributed by atoms with Gasteiger partial charge in [-0.2, -0.15) is 11.8 Å². The third kappa shape index (κ3) is 6.58. The number of rotatable bonds is 10. The van der Waals surface area contributed by atoms with Gasteiger partial charge in [0.05, 0.1) is 37.1 Å². The molecule has 1 aromatic carbocycles. The number of carbonyl (C=O) groups is 3. The lowest BCUT2D eigenvalue weighted by Crippen LogP contribution is -2.45. The van der Waals surface area contributed by atoms with Crippen molar-refractivity contribution in [2.45, 2.75) is 90.1 Å². The molecule has 246 valence electrons. The number of aliphatic hydroxyl groups is 1. The summed E-state index contributed by atoms with van der Waals surface area (Å²) in [5.41, 5.74) is 1.79. The molecule has 2 atom stereocenters. The maximum Gasteiger partial charge on any atom is 0.408 e. The highest BCUT2D eigenvalue weighted by Gasteiger charge is 2.45. The van der Waals surface area contributed by atoms with Crippen molar-refractivity contribution >= 4 is 48.8 Å². The van der Waals surface area contributed by atoms with Gasteiger partial charge in [0.25, 0.3) is 5.56 Å². The molecule has 0 radical (unpaired) electrons. The quantitative estimate of drug-likeness (QED) is 0.162. The number of ether oxygens (including phenoxy) is 2. The van der Waals surface area contributed by atoms with Crippen LogP contribution in [-0.2, 0) is 44.2 Å². The Balaban J connectivity index is 1.38. The van der Waals surface area contributed by atoms with Crippen LogP contribution in [0.3, 0.4) is 0 Å². The number of nitrogens with zero attached hydrogens (tertiary/aromatic N) is 2. The van der Waals surface area contributed by atoms with Crippen molar-refractivity contribution < 1.29 is 34.1 Å². The first-order valence-corrected chi connectivity index (χ1v) is 20.0. The Morgan fingerprint density at radius 1 is 1.22 bits per heavy atom. The number of cyclic esters (lactones) is 1. The topological polar surface area (TPSA) is 157 Å². The second kappa shape index (κ2) is 12.5. The van der Waals surface area contributed by atoms with Crippen molar-refractivity contribution in [2.24, 2.45) is 0 Å². The van der Waals surface area contributed by atoms with Crippen molar-refractivity contribution in [1.82, 2.24) is 14.9 Å². The van der Waals surface area contributed by atoms with Gasteiger partial charge in [-0.3, -0.25) is 4.79 Å². The highest BCUT2D eigenvalue weighted by Crippen LogP contribution is 2.40. The molecule has 3 N–H and O–H groups in total. The summed E-state index contributed by atoms with van der Waals surface area (Å²) in [6.45, 7) is 11.5. The Labute approximate surface area is 272 Å². The average molecular weight is 668 g/mol. The zero-order valence-electron chi connectivity index (χ0n) is 27.1. The molecule has 0 bridgehead atoms. The van der Waals surface area contributed by atoms with Crippen LogP contribution >= 0.6 is 11.8 Å². The van der Waals surface area contributed by atoms with Crippen LogP contribution in [0.1, 0.15) is 56.4 Å². The molecule has 0 fully saturated rings. The van der Waals surface area contributed by atoms with Crippen LogP contribution in [-0.4, -0.2) is 68.6 Å². The molecule has 3 aromatic rings. The number of aromatic nitrogens is 2. The fourth-order valence-corrected chi connectivity index (χ4v) is 10.7. The Hall–Kier alpha value is -3.68. The fraction of sp³-hybridized carbons (Fsp3) is 0.485. The lowest BCUT2D eigenvalue weighted by atomic mass is 9.86. The molecule has 13 heteroatoms. The van der Waals surface area contributed by atoms with Crippen LogP contribution in [0.25, 0.3) is 22.3 Å². The predicted molar refractivity (Wildman–Crippen MR) is 179 cm³/mol. The molecule has 46 heavy (non-hydrogen) atoms. The van der Waals surface area contributed by atoms with Crippen molar-refractivity contribution in [3.8, 4) is 11.4 Å². The molecular formula is C33H41N3O8SSi. The number of hydrogen-bond acceptors (Lipinski definition) is 9. The summed E-state index contributed by atoms with van der Waals surface area (Å²) < 4.78 is 12.1. The van der Waals surface area contributed by atoms with Crippen molar-refractivity contribution in [1.29, 1.82) is 0 Å². The first-order chi connectivity index (χ1) is 21.5. The molecule has 4 heterocycles. The van der Waals surface area contributed by atoms with E-state index >= 15 is 0 Å². The summed E-state index contributed by atoms with van der Waals surface area (Å²) in [7, 11) is -1.88. The minimum absolute atomic E-state index is 0.0764. The predicted octanol–water partition coefficient (Wildman–Crippen LogP) is 4.58. The van der Waals surface area contributed by atoms with E-state index in [4.69, 9.17) is 14.5 Å². The van der Waals surface area contributed by atoms with Gasteiger partial charge >= 0.3 is 18.0 Å². The first-order valence-electron chi connectivity index (χ1n) is 15.4. The van der Waals surface area contributed by atoms with Crippen molar-refractivity contribution in [3.05, 3.63) is 62.9 Å². The lowest BCUT2D eigenvalue weighted by Gasteiger charge is -2.31. The largest absolute Gasteiger partial charge is 0.480 e. The minimum atomic E-state index is -1.89. The highest BCUT2D eigenvalue weighted by molar-refractivity contribution is 8.01. The molecule has 11 nitrogen and oxygen atoms in total. The van der Waals surface area contributed by atoms with Crippen LogP contribution in [0.5, 0.6) is 0 Å². The van der Waals surface area contributed by atoms with E-state index in [-0.39, 0.29) is 29.9 Å². The monoisotopic (exact) mass is 667 g/mol. The van der Waals surface area contributed by atoms with E-state index < -0.39 is 43.3 Å². The Morgan fingerprint density at radius 2 is 1.93 bits per heavy atom. The van der Waals surface area contributed by atoms with E-state index in [0.717, 1.165) is 39.9 Å². The van der Waals surface area contributed by atoms with Gasteiger partial charge in [0.1, 0.15) is 18.2 Å². The SMILES string of the molecule is CC[C@@]1(O)C(=O)OCc2c1cc1n(c2=O)Cc2c-1nc1ccccc1c2CC[Si](C)(C)CSC[C@H](NC(=O)OC(C)(C)C)C(=O)O. The third-order valence-electron chi connectivity index (χ3n) is 8.53. The molecule has 0 unspecified atom stereocenters. The van der Waals surface area contributed by atoms with E-state index in [0.29, 0.717) is 23.5 Å². The molecule has 1 amide bonds. The van der Waals surface area contributed by atoms with E-state index in [9.17, 15) is 29.4 Å². The number of carboxylic acid groups (broad SMARTS) is 1. The van der Waals surface area contributed by atoms with Gasteiger partial charge in [-0.05, 0) is 56.7 Å². The van der Waals surface area contributed by atoms with Crippen LogP contribution < -0.4 is 10.9 Å². The van der Waals surface area contributed by atoms with E-state index in [1.807, 2.05) is 24.3 Å². The summed E-state index contributed by atoms with van der Waals surface area (Å²) in [5, 5.41) is 25.2. The van der Waals surface area contributed by atoms with Crippen molar-refractivity contribution in [3.63, 3.8) is 0 Å². The number of para-hydroxylation sites is 1. The van der Waals surface area contributed by atoms with Crippen LogP contribution in [0.2, 0.25) is 19.1 Å². The number of hydrogen-bond donors (Lipinski definition) is 3. The van der Waals surface area contributed by atoms with E-state index in [1.54, 1.807) is 38.3 Å². The number of carbonyl (C=O) groups excluding carboxylic acids is 2. The number of aliphatic carboxylic acids is 1. The van der Waals surface area contributed by atoms with Crippen LogP contribution in [0.4, 0.5) is 4.79 Å². The molecular weight excluding hydrogens is 627 g/mol. The molecule has 0 saturated carbocycles. The van der Waals surface area contributed by atoms with Gasteiger partial charge in [0, 0.05) is 22.3 Å². The zero-order chi connectivity index (χ0) is 33.6. The van der Waals surface area contributed by atoms with Gasteiger partial charge in [-0.15, -0.1) is 0 Å². The van der Waals surface area contributed by atoms with E-state index in [1.165, 1.54) is 11.8 Å². The number of benzene rings is 1. The van der Waals surface area contributed by atoms with Crippen molar-refractivity contribution in [2.75, 3.05) is 11.1 Å². The second-order valence-corrected chi connectivity index (χ2v) is 20.5. The summed E-state index contributed by atoms with van der Waals surface area (Å²) >= 11 is 1.52. The Bertz CT molecular complexity index is 1780. The summed E-state index contributed by atoms with van der Waals surface area (Å²) in [6.07, 6.45) is 0.0643. The molecule has 2 aromatic heterocycles. The number of nitrogens with one attached hydrogen (secondary N) is 1. The average Bonchev–Trinajstić information content (AvgIpc) is 3.34. The molecule has 0 saturated heterocycles. The standard InChI is InChI=1S/C33H41N3O8SSi/c1-7-33(42)23-14-26-27-21(15-36(26)28(37)22(23)16-43-30(33)40)19(20-10-8-9-11-24(20)34-27)12-13-46(5,6)18-45-17-25(29(38)39)35-31(41)44-32(2,3)4/h8-11,14,25,42H,7,12-13,15-18H2,1-6H3,(H,35,41)(H,38,39)/t25-,33-/m0/s1. The van der Waals surface area contributed by atoms with Gasteiger partial charge in [-0.25, -0.2) is 19.4 Å². The van der Waals surface area contributed by atoms with E-state index in [2.05, 4.69) is 18.4 Å². The molecule has 5 rings (SSSR count). The smallest absolute Gasteiger partial charge is 0.408 e. The number of alkyl carbamates (subject to hydrolysis) is 1. The van der Waals surface area contributed by atoms with Crippen LogP contribution in [0, 0.1) is 0 Å². The molecule has 0 spiro atoms. The normalized spacial score (nSPS) is 17.9. The Kier molecular flexibility index (Phi) is 9.15. The minimum Gasteiger partial charge on any atom is -0.480 e. The van der Waals surface area contributed by atoms with Gasteiger partial charge < -0.3 is 29.6 Å². The zero-order valence-corrected chi connectivity index (χ0v) is 28.9. The van der Waals surface area contributed by atoms with Gasteiger partial charge in [-0.1, -0.05) is 44.3 Å². The summed E-state index contributed by atoms with van der Waals surface area (Å²) in [4.78, 5) is 55.3. The number of amides is 1. The van der Waals surface area contributed by atoms with Gasteiger partial charge in [0.2, 0.25) is 0 Å². The lowest BCUT2D eigenvalue weighted by molar-refractivity contribution is -0.172. The number of esters is 1. The maximum atomic E-state index is 13.7. The number of carboxylic acids is 1. The number of fused-ring (bicyclic) bond motifs is 5. The van der Waals surface area contributed by atoms with Gasteiger partial charge in [0.15, 0.2) is 5.60 Å². The first kappa shape index (κ1) is 33.7. The summed E-state index contributed by atoms with van der Waals surface area (Å²) in [6, 6.07) is 9.45. The fourth-order valence-electron chi connectivity index (χ4n) is 6.01. The molecule has 2 aliphatic heterocycles. The molecule has 0 aliphatic carbocycles. The molecule has 2 aliphatic rings. The third-order valence-corrected chi connectivity index (χ3v) is 14.6. The number of aryl methyl sites for hydroxylation is 1. The number of thioether (sulfide) groups is 1. The highest BCUT2D eigenvalue weighted by atomic mass is 32.2. The number of pyridine rings is 2. The maximum absolute atomic E-state index is 13.7. The van der Waals surface area contributed by atoms with Crippen LogP contribution in [0.15, 0.2) is 35.1 Å².